The molecule has 2 nitrogen and oxygen atoms in total. The van der Waals surface area contributed by atoms with E-state index in [1.54, 1.807) is 11.3 Å². The molecule has 0 bridgehead atoms. The standard InChI is InChI=1S/C12H15BrN2S2/c1-12(2,3)10-5-14-11(16)15(10)6-9-4-8(13)7-17-9/h4-5,7H,6H2,1-3H3,(H,14,16). The van der Waals surface area contributed by atoms with Gasteiger partial charge in [0, 0.05) is 32.0 Å². The quantitative estimate of drug-likeness (QED) is 0.790. The van der Waals surface area contributed by atoms with Crippen molar-refractivity contribution < 1.29 is 0 Å². The van der Waals surface area contributed by atoms with Crippen LogP contribution in [-0.2, 0) is 12.0 Å². The maximum Gasteiger partial charge on any atom is 0.177 e. The highest BCUT2D eigenvalue weighted by molar-refractivity contribution is 9.10. The highest BCUT2D eigenvalue weighted by atomic mass is 79.9. The van der Waals surface area contributed by atoms with E-state index in [9.17, 15) is 0 Å². The zero-order valence-electron chi connectivity index (χ0n) is 10.1. The van der Waals surface area contributed by atoms with Crippen LogP contribution < -0.4 is 0 Å². The fourth-order valence-electron chi connectivity index (χ4n) is 1.77. The van der Waals surface area contributed by atoms with Crippen LogP contribution in [0.1, 0.15) is 31.3 Å². The fourth-order valence-corrected chi connectivity index (χ4v) is 3.43. The van der Waals surface area contributed by atoms with Crippen LogP contribution in [0.25, 0.3) is 0 Å². The number of thiophene rings is 1. The van der Waals surface area contributed by atoms with E-state index in [2.05, 4.69) is 57.7 Å². The zero-order chi connectivity index (χ0) is 12.6. The van der Waals surface area contributed by atoms with Crippen molar-refractivity contribution in [2.24, 2.45) is 0 Å². The van der Waals surface area contributed by atoms with Gasteiger partial charge in [0.25, 0.3) is 0 Å². The van der Waals surface area contributed by atoms with Gasteiger partial charge in [-0.25, -0.2) is 0 Å². The number of H-pyrrole nitrogens is 1. The van der Waals surface area contributed by atoms with Gasteiger partial charge in [0.2, 0.25) is 0 Å². The van der Waals surface area contributed by atoms with Crippen LogP contribution in [0, 0.1) is 4.77 Å². The van der Waals surface area contributed by atoms with E-state index in [-0.39, 0.29) is 5.41 Å². The van der Waals surface area contributed by atoms with Gasteiger partial charge in [-0.05, 0) is 34.2 Å². The average Bonchev–Trinajstić information content (AvgIpc) is 2.74. The lowest BCUT2D eigenvalue weighted by molar-refractivity contribution is 0.530. The Bertz CT molecular complexity index is 572. The summed E-state index contributed by atoms with van der Waals surface area (Å²) in [6, 6.07) is 2.14. The number of aromatic amines is 1. The number of aromatic nitrogens is 2. The third-order valence-electron chi connectivity index (χ3n) is 2.57. The van der Waals surface area contributed by atoms with Crippen LogP contribution in [0.2, 0.25) is 0 Å². The molecule has 0 saturated heterocycles. The second-order valence-corrected chi connectivity index (χ2v) is 7.34. The Kier molecular flexibility index (Phi) is 3.61. The molecule has 2 aromatic heterocycles. The van der Waals surface area contributed by atoms with Crippen molar-refractivity contribution in [3.63, 3.8) is 0 Å². The van der Waals surface area contributed by atoms with Gasteiger partial charge in [-0.2, -0.15) is 0 Å². The molecule has 0 aromatic carbocycles. The van der Waals surface area contributed by atoms with Gasteiger partial charge in [0.1, 0.15) is 0 Å². The van der Waals surface area contributed by atoms with E-state index in [0.29, 0.717) is 0 Å². The summed E-state index contributed by atoms with van der Waals surface area (Å²) >= 11 is 10.6. The molecule has 0 saturated carbocycles. The summed E-state index contributed by atoms with van der Waals surface area (Å²) in [5.74, 6) is 0. The Morgan fingerprint density at radius 3 is 2.71 bits per heavy atom. The minimum Gasteiger partial charge on any atom is -0.337 e. The van der Waals surface area contributed by atoms with E-state index in [0.717, 1.165) is 15.8 Å². The maximum absolute atomic E-state index is 5.35. The molecular formula is C12H15BrN2S2. The Labute approximate surface area is 119 Å². The molecule has 92 valence electrons. The number of rotatable bonds is 2. The summed E-state index contributed by atoms with van der Waals surface area (Å²) in [7, 11) is 0. The smallest absolute Gasteiger partial charge is 0.177 e. The summed E-state index contributed by atoms with van der Waals surface area (Å²) in [5, 5.41) is 2.10. The predicted octanol–water partition coefficient (Wildman–Crippen LogP) is 4.72. The third-order valence-corrected chi connectivity index (χ3v) is 4.59. The van der Waals surface area contributed by atoms with Crippen molar-refractivity contribution >= 4 is 39.5 Å². The van der Waals surface area contributed by atoms with Crippen LogP contribution in [0.5, 0.6) is 0 Å². The lowest BCUT2D eigenvalue weighted by Gasteiger charge is -2.20. The van der Waals surface area contributed by atoms with E-state index >= 15 is 0 Å². The molecule has 2 rings (SSSR count). The number of nitrogens with zero attached hydrogens (tertiary/aromatic N) is 1. The van der Waals surface area contributed by atoms with Crippen LogP contribution in [0.3, 0.4) is 0 Å². The largest absolute Gasteiger partial charge is 0.337 e. The molecule has 0 unspecified atom stereocenters. The van der Waals surface area contributed by atoms with Crippen LogP contribution in [0.4, 0.5) is 0 Å². The van der Waals surface area contributed by atoms with Crippen molar-refractivity contribution in [3.8, 4) is 0 Å². The number of hydrogen-bond donors (Lipinski definition) is 1. The first-order valence-corrected chi connectivity index (χ1v) is 7.47. The van der Waals surface area contributed by atoms with Crippen LogP contribution >= 0.6 is 39.5 Å². The number of nitrogens with one attached hydrogen (secondary N) is 1. The Hall–Kier alpha value is -0.390. The average molecular weight is 331 g/mol. The second kappa shape index (κ2) is 4.71. The first kappa shape index (κ1) is 13.1. The summed E-state index contributed by atoms with van der Waals surface area (Å²) in [5.41, 5.74) is 1.34. The van der Waals surface area contributed by atoms with Crippen molar-refractivity contribution in [1.29, 1.82) is 0 Å². The molecular weight excluding hydrogens is 316 g/mol. The number of halogens is 1. The highest BCUT2D eigenvalue weighted by Gasteiger charge is 2.19. The van der Waals surface area contributed by atoms with Gasteiger partial charge >= 0.3 is 0 Å². The van der Waals surface area contributed by atoms with E-state index < -0.39 is 0 Å². The minimum atomic E-state index is 0.0993. The molecule has 17 heavy (non-hydrogen) atoms. The van der Waals surface area contributed by atoms with Gasteiger partial charge in [0.15, 0.2) is 4.77 Å². The van der Waals surface area contributed by atoms with Gasteiger partial charge in [-0.3, -0.25) is 0 Å². The molecule has 0 aliphatic heterocycles. The van der Waals surface area contributed by atoms with E-state index in [1.165, 1.54) is 10.6 Å². The van der Waals surface area contributed by atoms with Crippen molar-refractivity contribution in [2.75, 3.05) is 0 Å². The monoisotopic (exact) mass is 330 g/mol. The normalized spacial score (nSPS) is 12.0. The zero-order valence-corrected chi connectivity index (χ0v) is 13.3. The van der Waals surface area contributed by atoms with Crippen LogP contribution in [0.15, 0.2) is 22.1 Å². The SMILES string of the molecule is CC(C)(C)c1c[nH]c(=S)n1Cc1cc(Br)cs1. The lowest BCUT2D eigenvalue weighted by atomic mass is 9.92. The first-order valence-electron chi connectivity index (χ1n) is 5.39. The summed E-state index contributed by atoms with van der Waals surface area (Å²) in [4.78, 5) is 4.45. The molecule has 2 heterocycles. The molecule has 0 amide bonds. The summed E-state index contributed by atoms with van der Waals surface area (Å²) in [6.45, 7) is 7.44. The number of hydrogen-bond acceptors (Lipinski definition) is 2. The first-order chi connectivity index (χ1) is 7.88. The molecule has 2 aromatic rings. The molecule has 0 aliphatic rings. The fraction of sp³-hybridized carbons (Fsp3) is 0.417. The van der Waals surface area contributed by atoms with Gasteiger partial charge < -0.3 is 9.55 Å². The Morgan fingerprint density at radius 2 is 2.18 bits per heavy atom. The van der Waals surface area contributed by atoms with Crippen molar-refractivity contribution in [3.05, 3.63) is 37.5 Å². The predicted molar refractivity (Wildman–Crippen MR) is 79.4 cm³/mol. The molecule has 0 atom stereocenters. The molecule has 0 fully saturated rings. The summed E-state index contributed by atoms with van der Waals surface area (Å²) < 4.78 is 4.10. The van der Waals surface area contributed by atoms with Crippen molar-refractivity contribution in [2.45, 2.75) is 32.7 Å². The van der Waals surface area contributed by atoms with Crippen LogP contribution in [-0.4, -0.2) is 9.55 Å². The molecule has 5 heteroatoms. The summed E-state index contributed by atoms with van der Waals surface area (Å²) in [6.07, 6.45) is 2.02. The highest BCUT2D eigenvalue weighted by Crippen LogP contribution is 2.25. The van der Waals surface area contributed by atoms with Gasteiger partial charge in [-0.1, -0.05) is 20.8 Å². The lowest BCUT2D eigenvalue weighted by Crippen LogP contribution is -2.17. The molecule has 0 aliphatic carbocycles. The second-order valence-electron chi connectivity index (χ2n) is 5.05. The van der Waals surface area contributed by atoms with Gasteiger partial charge in [0.05, 0.1) is 6.54 Å². The van der Waals surface area contributed by atoms with Crippen molar-refractivity contribution in [1.82, 2.24) is 9.55 Å². The van der Waals surface area contributed by atoms with E-state index in [4.69, 9.17) is 12.2 Å². The van der Waals surface area contributed by atoms with Gasteiger partial charge in [-0.15, -0.1) is 11.3 Å². The third kappa shape index (κ3) is 2.89. The molecule has 1 N–H and O–H groups in total. The van der Waals surface area contributed by atoms with E-state index in [1.807, 2.05) is 6.20 Å². The molecule has 0 spiro atoms. The molecule has 0 radical (unpaired) electrons. The number of imidazole rings is 1. The Morgan fingerprint density at radius 1 is 1.47 bits per heavy atom. The minimum absolute atomic E-state index is 0.0993. The topological polar surface area (TPSA) is 20.7 Å². The Balaban J connectivity index is 2.39. The maximum atomic E-state index is 5.35.